The number of hydrogen-bond acceptors (Lipinski definition) is 5. The topological polar surface area (TPSA) is 27.7 Å². The lowest BCUT2D eigenvalue weighted by atomic mass is 9.52. The predicted octanol–water partition coefficient (Wildman–Crippen LogP) is 13.6. The van der Waals surface area contributed by atoms with Gasteiger partial charge in [-0.1, -0.05) is 112 Å². The molecule has 1 heterocycles. The number of hydrogen-bond donors (Lipinski definition) is 0. The van der Waals surface area contributed by atoms with E-state index < -0.39 is 5.60 Å². The van der Waals surface area contributed by atoms with Gasteiger partial charge >= 0.3 is 0 Å². The lowest BCUT2D eigenvalue weighted by Crippen LogP contribution is -2.44. The normalized spacial score (nSPS) is 17.9. The van der Waals surface area contributed by atoms with Crippen molar-refractivity contribution in [1.29, 1.82) is 0 Å². The van der Waals surface area contributed by atoms with E-state index in [1.807, 2.05) is 36.0 Å². The van der Waals surface area contributed by atoms with Crippen LogP contribution in [-0.2, 0) is 11.0 Å². The molecule has 1 fully saturated rings. The van der Waals surface area contributed by atoms with E-state index in [1.165, 1.54) is 54.3 Å². The number of ether oxygens (including phenoxy) is 3. The van der Waals surface area contributed by atoms with Crippen LogP contribution in [0, 0.1) is 10.8 Å². The van der Waals surface area contributed by atoms with Crippen LogP contribution < -0.4 is 14.2 Å². The molecule has 0 unspecified atom stereocenters. The number of rotatable bonds is 7. The maximum Gasteiger partial charge on any atom is 0.178 e. The zero-order chi connectivity index (χ0) is 38.2. The lowest BCUT2D eigenvalue weighted by molar-refractivity contribution is 0.0642. The zero-order valence-electron chi connectivity index (χ0n) is 32.8. The third-order valence-electron chi connectivity index (χ3n) is 12.0. The number of methoxy groups -OCH3 is 2. The van der Waals surface area contributed by atoms with Gasteiger partial charge in [0, 0.05) is 42.2 Å². The van der Waals surface area contributed by atoms with Gasteiger partial charge in [0.05, 0.1) is 14.2 Å². The van der Waals surface area contributed by atoms with Crippen LogP contribution in [0.2, 0.25) is 0 Å². The minimum atomic E-state index is -0.895. The fourth-order valence-electron chi connectivity index (χ4n) is 10.7. The molecule has 6 aromatic carbocycles. The fourth-order valence-corrected chi connectivity index (χ4v) is 12.4. The van der Waals surface area contributed by atoms with Gasteiger partial charge in [0.2, 0.25) is 0 Å². The van der Waals surface area contributed by atoms with Gasteiger partial charge in [-0.15, -0.1) is 11.8 Å². The zero-order valence-corrected chi connectivity index (χ0v) is 34.4. The number of thioether (sulfide) groups is 1. The fraction of sp³-hybridized carbons (Fsp3) is 0.280. The second kappa shape index (κ2) is 13.3. The molecule has 1 saturated carbocycles. The highest BCUT2D eigenvalue weighted by molar-refractivity contribution is 8.02. The molecule has 0 aromatic heterocycles. The molecular formula is C50H48O3S2. The molecule has 6 aromatic rings. The van der Waals surface area contributed by atoms with Crippen molar-refractivity contribution in [3.05, 3.63) is 149 Å². The molecule has 3 nitrogen and oxygen atoms in total. The Balaban J connectivity index is 1.38. The molecule has 5 heteroatoms. The van der Waals surface area contributed by atoms with Crippen LogP contribution in [0.4, 0.5) is 0 Å². The van der Waals surface area contributed by atoms with E-state index in [1.54, 1.807) is 26.0 Å². The highest BCUT2D eigenvalue weighted by Crippen LogP contribution is 2.67. The van der Waals surface area contributed by atoms with E-state index in [0.29, 0.717) is 0 Å². The van der Waals surface area contributed by atoms with Gasteiger partial charge in [-0.05, 0) is 119 Å². The average molecular weight is 761 g/mol. The van der Waals surface area contributed by atoms with Gasteiger partial charge in [-0.25, -0.2) is 0 Å². The Kier molecular flexibility index (Phi) is 8.71. The lowest BCUT2D eigenvalue weighted by Gasteiger charge is -2.52. The van der Waals surface area contributed by atoms with E-state index in [-0.39, 0.29) is 16.2 Å². The summed E-state index contributed by atoms with van der Waals surface area (Å²) in [4.78, 5) is 3.73. The third kappa shape index (κ3) is 5.88. The second-order valence-electron chi connectivity index (χ2n) is 17.1. The van der Waals surface area contributed by atoms with Crippen LogP contribution in [0.3, 0.4) is 0 Å². The first-order valence-corrected chi connectivity index (χ1v) is 21.3. The van der Waals surface area contributed by atoms with Crippen molar-refractivity contribution in [1.82, 2.24) is 0 Å². The van der Waals surface area contributed by atoms with Crippen LogP contribution in [0.25, 0.3) is 28.0 Å². The van der Waals surface area contributed by atoms with E-state index >= 15 is 0 Å². The average Bonchev–Trinajstić information content (AvgIpc) is 3.45. The predicted molar refractivity (Wildman–Crippen MR) is 230 cm³/mol. The Labute approximate surface area is 334 Å². The van der Waals surface area contributed by atoms with Gasteiger partial charge in [0.15, 0.2) is 5.60 Å². The standard InChI is InChI=1S/C50H48O3S2/c1-47(2)29-48(3,4)31-49(30-47)41-16-12-11-15-37(41)44-39-27-43(55-36-13-9-8-10-14-36)42(54-7)28-40(39)46-38(45(44)49)25-26-50(53-46,32-17-21-34(51-5)22-18-32)33-19-23-35(52-6)24-20-33/h8-28H,29-31H2,1-7H3. The summed E-state index contributed by atoms with van der Waals surface area (Å²) in [6.07, 6.45) is 10.2. The summed E-state index contributed by atoms with van der Waals surface area (Å²) in [5.74, 6) is 2.57. The molecule has 55 heavy (non-hydrogen) atoms. The molecule has 0 N–H and O–H groups in total. The summed E-state index contributed by atoms with van der Waals surface area (Å²) in [5.41, 5.74) is 8.12. The highest BCUT2D eigenvalue weighted by Gasteiger charge is 2.55. The molecular weight excluding hydrogens is 713 g/mol. The molecule has 0 atom stereocenters. The van der Waals surface area contributed by atoms with Crippen LogP contribution in [0.5, 0.6) is 17.2 Å². The monoisotopic (exact) mass is 760 g/mol. The Morgan fingerprint density at radius 3 is 1.82 bits per heavy atom. The van der Waals surface area contributed by atoms with Gasteiger partial charge in [-0.3, -0.25) is 0 Å². The maximum atomic E-state index is 7.79. The Morgan fingerprint density at radius 1 is 0.636 bits per heavy atom. The van der Waals surface area contributed by atoms with Crippen molar-refractivity contribution in [3.8, 4) is 28.4 Å². The quantitative estimate of drug-likeness (QED) is 0.151. The minimum absolute atomic E-state index is 0.143. The van der Waals surface area contributed by atoms with Crippen LogP contribution in [-0.4, -0.2) is 20.5 Å². The highest BCUT2D eigenvalue weighted by atomic mass is 32.2. The van der Waals surface area contributed by atoms with Crippen molar-refractivity contribution >= 4 is 40.4 Å². The van der Waals surface area contributed by atoms with Crippen molar-refractivity contribution in [3.63, 3.8) is 0 Å². The summed E-state index contributed by atoms with van der Waals surface area (Å²) in [7, 11) is 3.42. The van der Waals surface area contributed by atoms with Gasteiger partial charge < -0.3 is 14.2 Å². The van der Waals surface area contributed by atoms with Crippen molar-refractivity contribution in [2.24, 2.45) is 10.8 Å². The van der Waals surface area contributed by atoms with Crippen molar-refractivity contribution in [2.45, 2.75) is 72.7 Å². The van der Waals surface area contributed by atoms with Crippen LogP contribution in [0.1, 0.15) is 74.8 Å². The van der Waals surface area contributed by atoms with Crippen LogP contribution >= 0.6 is 23.5 Å². The van der Waals surface area contributed by atoms with Crippen LogP contribution in [0.15, 0.2) is 136 Å². The van der Waals surface area contributed by atoms with Gasteiger partial charge in [0.1, 0.15) is 17.2 Å². The smallest absolute Gasteiger partial charge is 0.178 e. The number of benzene rings is 6. The van der Waals surface area contributed by atoms with E-state index in [4.69, 9.17) is 14.2 Å². The minimum Gasteiger partial charge on any atom is -0.497 e. The molecule has 278 valence electrons. The Bertz CT molecular complexity index is 2400. The molecule has 0 saturated heterocycles. The van der Waals surface area contributed by atoms with Gasteiger partial charge in [0.25, 0.3) is 0 Å². The van der Waals surface area contributed by atoms with E-state index in [2.05, 4.69) is 137 Å². The summed E-state index contributed by atoms with van der Waals surface area (Å²) in [6.45, 7) is 9.92. The largest absolute Gasteiger partial charge is 0.497 e. The molecule has 3 aliphatic rings. The first-order valence-electron chi connectivity index (χ1n) is 19.2. The molecule has 9 rings (SSSR count). The van der Waals surface area contributed by atoms with Crippen molar-refractivity contribution < 1.29 is 14.2 Å². The molecule has 0 bridgehead atoms. The summed E-state index contributed by atoms with van der Waals surface area (Å²) >= 11 is 3.64. The van der Waals surface area contributed by atoms with E-state index in [9.17, 15) is 0 Å². The first-order chi connectivity index (χ1) is 26.5. The molecule has 0 amide bonds. The number of fused-ring (bicyclic) bond motifs is 10. The van der Waals surface area contributed by atoms with E-state index in [0.717, 1.165) is 46.6 Å². The molecule has 2 aliphatic carbocycles. The first kappa shape index (κ1) is 36.1. The third-order valence-corrected chi connectivity index (χ3v) is 14.0. The second-order valence-corrected chi connectivity index (χ2v) is 19.0. The molecule has 1 aliphatic heterocycles. The SMILES string of the molecule is COc1ccc(C2(c3ccc(OC)cc3)C=Cc3c4c(c5cc(Sc6ccccc6)c(SC)cc5c3O2)-c2ccccc2C42CC(C)(C)CC(C)(C)C2)cc1. The Morgan fingerprint density at radius 2 is 1.22 bits per heavy atom. The summed E-state index contributed by atoms with van der Waals surface area (Å²) < 4.78 is 19.0. The van der Waals surface area contributed by atoms with Gasteiger partial charge in [-0.2, -0.15) is 0 Å². The maximum absolute atomic E-state index is 7.79. The summed E-state index contributed by atoms with van der Waals surface area (Å²) in [5, 5.41) is 2.40. The Hall–Kier alpha value is -4.58. The van der Waals surface area contributed by atoms with Crippen molar-refractivity contribution in [2.75, 3.05) is 20.5 Å². The molecule has 1 spiro atoms. The molecule has 0 radical (unpaired) electrons. The summed E-state index contributed by atoms with van der Waals surface area (Å²) in [6, 6.07) is 41.6.